The highest BCUT2D eigenvalue weighted by Gasteiger charge is 2.00. The largest absolute Gasteiger partial charge is 0.481 e. The van der Waals surface area contributed by atoms with Crippen LogP contribution < -0.4 is 0 Å². The van der Waals surface area contributed by atoms with Crippen molar-refractivity contribution in [3.8, 4) is 0 Å². The Morgan fingerprint density at radius 3 is 0.574 bits per heavy atom. The quantitative estimate of drug-likeness (QED) is 0.0330. The molecule has 0 aliphatic heterocycles. The van der Waals surface area contributed by atoms with Crippen LogP contribution >= 0.6 is 0 Å². The molecule has 0 unspecified atom stereocenters. The van der Waals surface area contributed by atoms with E-state index in [0.29, 0.717) is 19.3 Å². The first-order valence-electron chi connectivity index (χ1n) is 22.8. The summed E-state index contributed by atoms with van der Waals surface area (Å²) in [5.41, 5.74) is 0. The predicted octanol–water partition coefficient (Wildman–Crippen LogP) is 12.4. The number of carbonyl (C=O) groups is 3. The molecule has 324 valence electrons. The molecule has 0 aromatic carbocycles. The fourth-order valence-electron chi connectivity index (χ4n) is 6.44. The number of rotatable bonds is 41. The lowest BCUT2D eigenvalue weighted by Gasteiger charge is -2.03. The maximum absolute atomic E-state index is 10.4. The standard InChI is InChI=1S/C22H44O2.C20H38O4.C3H8O3/c1-2-3-4-5-6-7-8-9-10-11-12-13-14-15-16-17-18-19-20-21-22(23)24;21-19(22)17-15-13-11-9-7-5-3-1-2-4-6-8-10-12-14-16-18-20(23)24;4-1-3(6)2-5/h2-21H2,1H3,(H,23,24);1-18H2,(H,21,22)(H,23,24);3-6H,1-2H2. The number of unbranched alkanes of at least 4 members (excludes halogenated alkanes) is 33. The summed E-state index contributed by atoms with van der Waals surface area (Å²) in [4.78, 5) is 31.1. The molecule has 0 saturated carbocycles. The number of hydrogen-bond acceptors (Lipinski definition) is 6. The van der Waals surface area contributed by atoms with Crippen molar-refractivity contribution >= 4 is 17.9 Å². The molecule has 0 radical (unpaired) electrons. The smallest absolute Gasteiger partial charge is 0.303 e. The lowest BCUT2D eigenvalue weighted by molar-refractivity contribution is -0.138. The molecule has 9 nitrogen and oxygen atoms in total. The van der Waals surface area contributed by atoms with Gasteiger partial charge in [0.2, 0.25) is 0 Å². The Hall–Kier alpha value is -1.71. The summed E-state index contributed by atoms with van der Waals surface area (Å²) in [6, 6.07) is 0. The van der Waals surface area contributed by atoms with Gasteiger partial charge in [0, 0.05) is 19.3 Å². The van der Waals surface area contributed by atoms with Crippen LogP contribution in [0, 0.1) is 0 Å². The minimum absolute atomic E-state index is 0.322. The molecular weight excluding hydrogens is 684 g/mol. The Bertz CT molecular complexity index is 713. The molecule has 0 aliphatic carbocycles. The summed E-state index contributed by atoms with van der Waals surface area (Å²) in [5.74, 6) is -2.00. The van der Waals surface area contributed by atoms with E-state index < -0.39 is 24.0 Å². The number of aliphatic hydroxyl groups is 3. The van der Waals surface area contributed by atoms with Gasteiger partial charge in [0.15, 0.2) is 0 Å². The summed E-state index contributed by atoms with van der Waals surface area (Å²) < 4.78 is 0. The summed E-state index contributed by atoms with van der Waals surface area (Å²) in [6.45, 7) is 1.55. The van der Waals surface area contributed by atoms with Crippen molar-refractivity contribution in [1.82, 2.24) is 0 Å². The molecule has 0 aliphatic rings. The van der Waals surface area contributed by atoms with E-state index >= 15 is 0 Å². The van der Waals surface area contributed by atoms with Gasteiger partial charge in [-0.25, -0.2) is 0 Å². The van der Waals surface area contributed by atoms with Crippen LogP contribution in [0.2, 0.25) is 0 Å². The molecule has 6 N–H and O–H groups in total. The molecule has 0 aromatic rings. The summed E-state index contributed by atoms with van der Waals surface area (Å²) in [7, 11) is 0. The van der Waals surface area contributed by atoms with Crippen molar-refractivity contribution in [2.24, 2.45) is 0 Å². The molecule has 0 rings (SSSR count). The molecule has 0 spiro atoms. The van der Waals surface area contributed by atoms with Crippen molar-refractivity contribution in [3.05, 3.63) is 0 Å². The number of aliphatic hydroxyl groups excluding tert-OH is 3. The van der Waals surface area contributed by atoms with Gasteiger partial charge in [-0.15, -0.1) is 0 Å². The molecule has 0 saturated heterocycles. The maximum Gasteiger partial charge on any atom is 0.303 e. The third-order valence-electron chi connectivity index (χ3n) is 9.95. The number of carboxylic acids is 3. The molecular formula is C45H90O9. The predicted molar refractivity (Wildman–Crippen MR) is 224 cm³/mol. The van der Waals surface area contributed by atoms with Gasteiger partial charge in [-0.05, 0) is 19.3 Å². The Labute approximate surface area is 332 Å². The lowest BCUT2D eigenvalue weighted by atomic mass is 10.0. The molecule has 0 atom stereocenters. The molecule has 54 heavy (non-hydrogen) atoms. The second-order valence-electron chi connectivity index (χ2n) is 15.5. The van der Waals surface area contributed by atoms with Crippen LogP contribution in [0.4, 0.5) is 0 Å². The van der Waals surface area contributed by atoms with Crippen LogP contribution in [0.5, 0.6) is 0 Å². The molecule has 0 bridgehead atoms. The average Bonchev–Trinajstić information content (AvgIpc) is 3.15. The summed E-state index contributed by atoms with van der Waals surface area (Å²) in [6.07, 6.45) is 45.0. The third kappa shape index (κ3) is 62.3. The Kier molecular flexibility index (Phi) is 53.8. The first-order valence-corrected chi connectivity index (χ1v) is 22.8. The third-order valence-corrected chi connectivity index (χ3v) is 9.95. The zero-order valence-corrected chi connectivity index (χ0v) is 35.3. The number of hydrogen-bond donors (Lipinski definition) is 6. The highest BCUT2D eigenvalue weighted by molar-refractivity contribution is 5.67. The molecule has 0 heterocycles. The fraction of sp³-hybridized carbons (Fsp3) is 0.933. The van der Waals surface area contributed by atoms with E-state index in [1.807, 2.05) is 0 Å². The topological polar surface area (TPSA) is 173 Å². The van der Waals surface area contributed by atoms with E-state index in [4.69, 9.17) is 30.6 Å². The Morgan fingerprint density at radius 2 is 0.463 bits per heavy atom. The van der Waals surface area contributed by atoms with Crippen molar-refractivity contribution < 1.29 is 45.0 Å². The van der Waals surface area contributed by atoms with E-state index in [1.165, 1.54) is 186 Å². The van der Waals surface area contributed by atoms with Gasteiger partial charge < -0.3 is 30.6 Å². The van der Waals surface area contributed by atoms with Gasteiger partial charge in [0.1, 0.15) is 6.10 Å². The highest BCUT2D eigenvalue weighted by atomic mass is 16.4. The second kappa shape index (κ2) is 51.3. The van der Waals surface area contributed by atoms with Crippen LogP contribution in [-0.4, -0.2) is 67.9 Å². The first-order chi connectivity index (χ1) is 26.2. The molecule has 0 fully saturated rings. The summed E-state index contributed by atoms with van der Waals surface area (Å²) >= 11 is 0. The second-order valence-corrected chi connectivity index (χ2v) is 15.5. The minimum atomic E-state index is -0.954. The van der Waals surface area contributed by atoms with Gasteiger partial charge in [-0.2, -0.15) is 0 Å². The maximum atomic E-state index is 10.4. The van der Waals surface area contributed by atoms with Gasteiger partial charge in [0.05, 0.1) is 13.2 Å². The van der Waals surface area contributed by atoms with E-state index in [2.05, 4.69) is 6.92 Å². The van der Waals surface area contributed by atoms with Crippen LogP contribution in [-0.2, 0) is 14.4 Å². The van der Waals surface area contributed by atoms with Gasteiger partial charge in [-0.1, -0.05) is 212 Å². The van der Waals surface area contributed by atoms with E-state index in [1.54, 1.807) is 0 Å². The van der Waals surface area contributed by atoms with Crippen molar-refractivity contribution in [3.63, 3.8) is 0 Å². The van der Waals surface area contributed by atoms with Crippen molar-refractivity contribution in [2.75, 3.05) is 13.2 Å². The van der Waals surface area contributed by atoms with E-state index in [0.717, 1.165) is 38.5 Å². The molecule has 0 amide bonds. The molecule has 9 heteroatoms. The van der Waals surface area contributed by atoms with Crippen LogP contribution in [0.25, 0.3) is 0 Å². The van der Waals surface area contributed by atoms with E-state index in [-0.39, 0.29) is 13.2 Å². The Balaban J connectivity index is -0.000000835. The van der Waals surface area contributed by atoms with Crippen LogP contribution in [0.3, 0.4) is 0 Å². The lowest BCUT2D eigenvalue weighted by Crippen LogP contribution is -2.15. The molecule has 0 aromatic heterocycles. The van der Waals surface area contributed by atoms with Crippen molar-refractivity contribution in [2.45, 2.75) is 257 Å². The SMILES string of the molecule is CCCCCCCCCCCCCCCCCCCCCC(=O)O.O=C(O)CCCCCCCCCCCCCCCCCCC(=O)O.OCC(O)CO. The van der Waals surface area contributed by atoms with Crippen LogP contribution in [0.1, 0.15) is 251 Å². The van der Waals surface area contributed by atoms with Gasteiger partial charge in [-0.3, -0.25) is 14.4 Å². The van der Waals surface area contributed by atoms with Crippen LogP contribution in [0.15, 0.2) is 0 Å². The number of carboxylic acid groups (broad SMARTS) is 3. The minimum Gasteiger partial charge on any atom is -0.481 e. The first kappa shape index (κ1) is 56.6. The monoisotopic (exact) mass is 775 g/mol. The normalized spacial score (nSPS) is 10.8. The van der Waals surface area contributed by atoms with Crippen molar-refractivity contribution in [1.29, 1.82) is 0 Å². The fourth-order valence-corrected chi connectivity index (χ4v) is 6.44. The zero-order chi connectivity index (χ0) is 40.6. The van der Waals surface area contributed by atoms with Gasteiger partial charge >= 0.3 is 17.9 Å². The summed E-state index contributed by atoms with van der Waals surface area (Å²) in [5, 5.41) is 49.6. The average molecular weight is 775 g/mol. The van der Waals surface area contributed by atoms with Gasteiger partial charge in [0.25, 0.3) is 0 Å². The number of aliphatic carboxylic acids is 3. The highest BCUT2D eigenvalue weighted by Crippen LogP contribution is 2.16. The Morgan fingerprint density at radius 1 is 0.315 bits per heavy atom. The van der Waals surface area contributed by atoms with E-state index in [9.17, 15) is 14.4 Å². The zero-order valence-electron chi connectivity index (χ0n) is 35.3.